The van der Waals surface area contributed by atoms with Gasteiger partial charge in [0, 0.05) is 22.6 Å². The summed E-state index contributed by atoms with van der Waals surface area (Å²) < 4.78 is 0. The molecule has 0 aromatic heterocycles. The van der Waals surface area contributed by atoms with E-state index in [0.29, 0.717) is 28.2 Å². The molecule has 0 saturated carbocycles. The van der Waals surface area contributed by atoms with Gasteiger partial charge in [0.2, 0.25) is 5.91 Å². The summed E-state index contributed by atoms with van der Waals surface area (Å²) in [6.07, 6.45) is 5.06. The average Bonchev–Trinajstić information content (AvgIpc) is 2.69. The van der Waals surface area contributed by atoms with Crippen LogP contribution in [0.25, 0.3) is 0 Å². The summed E-state index contributed by atoms with van der Waals surface area (Å²) in [7, 11) is 0. The SMILES string of the molecule is O=C(Cc1c(Cl)cccc1Cl)NC[C@@H]1CCCCCN1. The van der Waals surface area contributed by atoms with Crippen LogP contribution in [0, 0.1) is 0 Å². The van der Waals surface area contributed by atoms with Gasteiger partial charge in [-0.25, -0.2) is 0 Å². The number of hydrogen-bond acceptors (Lipinski definition) is 2. The Morgan fingerprint density at radius 2 is 2.00 bits per heavy atom. The number of nitrogens with one attached hydrogen (secondary N) is 2. The van der Waals surface area contributed by atoms with Gasteiger partial charge in [-0.15, -0.1) is 0 Å². The monoisotopic (exact) mass is 314 g/mol. The second-order valence-electron chi connectivity index (χ2n) is 5.18. The van der Waals surface area contributed by atoms with Crippen molar-refractivity contribution in [2.24, 2.45) is 0 Å². The summed E-state index contributed by atoms with van der Waals surface area (Å²) >= 11 is 12.1. The van der Waals surface area contributed by atoms with Crippen molar-refractivity contribution in [2.75, 3.05) is 13.1 Å². The van der Waals surface area contributed by atoms with E-state index in [-0.39, 0.29) is 12.3 Å². The van der Waals surface area contributed by atoms with Crippen LogP contribution < -0.4 is 10.6 Å². The molecular formula is C15H20Cl2N2O. The number of hydrogen-bond donors (Lipinski definition) is 2. The van der Waals surface area contributed by atoms with Gasteiger partial charge in [0.15, 0.2) is 0 Å². The topological polar surface area (TPSA) is 41.1 Å². The highest BCUT2D eigenvalue weighted by Gasteiger charge is 2.14. The van der Waals surface area contributed by atoms with Crippen molar-refractivity contribution >= 4 is 29.1 Å². The third-order valence-corrected chi connectivity index (χ3v) is 4.32. The number of rotatable bonds is 4. The van der Waals surface area contributed by atoms with E-state index in [1.54, 1.807) is 18.2 Å². The average molecular weight is 315 g/mol. The van der Waals surface area contributed by atoms with Crippen LogP contribution in [0.2, 0.25) is 10.0 Å². The molecule has 0 aliphatic carbocycles. The quantitative estimate of drug-likeness (QED) is 0.896. The molecule has 0 radical (unpaired) electrons. The molecule has 0 spiro atoms. The number of halogens is 2. The third kappa shape index (κ3) is 4.65. The van der Waals surface area contributed by atoms with Crippen LogP contribution >= 0.6 is 23.2 Å². The maximum atomic E-state index is 12.0. The van der Waals surface area contributed by atoms with Gasteiger partial charge in [-0.3, -0.25) is 4.79 Å². The lowest BCUT2D eigenvalue weighted by Crippen LogP contribution is -2.40. The Morgan fingerprint density at radius 1 is 1.25 bits per heavy atom. The second kappa shape index (κ2) is 7.87. The van der Waals surface area contributed by atoms with Crippen molar-refractivity contribution in [1.82, 2.24) is 10.6 Å². The smallest absolute Gasteiger partial charge is 0.224 e. The molecule has 1 atom stereocenters. The molecule has 2 N–H and O–H groups in total. The summed E-state index contributed by atoms with van der Waals surface area (Å²) in [5, 5.41) is 7.50. The van der Waals surface area contributed by atoms with E-state index in [1.165, 1.54) is 19.3 Å². The fourth-order valence-corrected chi connectivity index (χ4v) is 2.97. The molecule has 1 aliphatic rings. The van der Waals surface area contributed by atoms with Crippen LogP contribution in [0.15, 0.2) is 18.2 Å². The number of benzene rings is 1. The minimum atomic E-state index is -0.0361. The second-order valence-corrected chi connectivity index (χ2v) is 6.00. The minimum Gasteiger partial charge on any atom is -0.354 e. The van der Waals surface area contributed by atoms with Gasteiger partial charge in [-0.1, -0.05) is 42.1 Å². The zero-order valence-electron chi connectivity index (χ0n) is 11.4. The van der Waals surface area contributed by atoms with E-state index < -0.39 is 0 Å². The largest absolute Gasteiger partial charge is 0.354 e. The summed E-state index contributed by atoms with van der Waals surface area (Å²) in [5.41, 5.74) is 0.696. The molecule has 0 bridgehead atoms. The lowest BCUT2D eigenvalue weighted by molar-refractivity contribution is -0.120. The van der Waals surface area contributed by atoms with E-state index in [1.807, 2.05) is 0 Å². The molecule has 0 unspecified atom stereocenters. The van der Waals surface area contributed by atoms with Crippen molar-refractivity contribution in [3.8, 4) is 0 Å². The lowest BCUT2D eigenvalue weighted by atomic mass is 10.1. The molecule has 1 aliphatic heterocycles. The van der Waals surface area contributed by atoms with E-state index in [4.69, 9.17) is 23.2 Å². The molecule has 1 heterocycles. The zero-order valence-corrected chi connectivity index (χ0v) is 12.9. The Hall–Kier alpha value is -0.770. The first kappa shape index (κ1) is 15.6. The highest BCUT2D eigenvalue weighted by Crippen LogP contribution is 2.24. The predicted molar refractivity (Wildman–Crippen MR) is 83.4 cm³/mol. The van der Waals surface area contributed by atoms with Gasteiger partial charge < -0.3 is 10.6 Å². The molecule has 1 amide bonds. The van der Waals surface area contributed by atoms with E-state index in [2.05, 4.69) is 10.6 Å². The van der Waals surface area contributed by atoms with Crippen molar-refractivity contribution in [1.29, 1.82) is 0 Å². The number of amides is 1. The molecule has 1 aromatic carbocycles. The zero-order chi connectivity index (χ0) is 14.4. The molecule has 3 nitrogen and oxygen atoms in total. The molecule has 1 fully saturated rings. The Balaban J connectivity index is 1.83. The highest BCUT2D eigenvalue weighted by atomic mass is 35.5. The predicted octanol–water partition coefficient (Wildman–Crippen LogP) is 3.18. The van der Waals surface area contributed by atoms with E-state index in [0.717, 1.165) is 13.0 Å². The molecule has 2 rings (SSSR count). The maximum absolute atomic E-state index is 12.0. The Labute approximate surface area is 130 Å². The van der Waals surface area contributed by atoms with Crippen LogP contribution in [-0.2, 0) is 11.2 Å². The summed E-state index contributed by atoms with van der Waals surface area (Å²) in [6.45, 7) is 1.71. The van der Waals surface area contributed by atoms with Gasteiger partial charge in [-0.05, 0) is 37.1 Å². The molecule has 5 heteroatoms. The van der Waals surface area contributed by atoms with E-state index >= 15 is 0 Å². The Kier molecular flexibility index (Phi) is 6.14. The third-order valence-electron chi connectivity index (χ3n) is 3.61. The fraction of sp³-hybridized carbons (Fsp3) is 0.533. The van der Waals surface area contributed by atoms with E-state index in [9.17, 15) is 4.79 Å². The van der Waals surface area contributed by atoms with Crippen molar-refractivity contribution in [3.63, 3.8) is 0 Å². The van der Waals surface area contributed by atoms with Crippen molar-refractivity contribution in [2.45, 2.75) is 38.1 Å². The van der Waals surface area contributed by atoms with Crippen LogP contribution in [0.4, 0.5) is 0 Å². The van der Waals surface area contributed by atoms with Gasteiger partial charge in [-0.2, -0.15) is 0 Å². The molecule has 1 aromatic rings. The first-order chi connectivity index (χ1) is 9.66. The summed E-state index contributed by atoms with van der Waals surface area (Å²) in [4.78, 5) is 12.0. The normalized spacial score (nSPS) is 19.4. The van der Waals surface area contributed by atoms with Crippen LogP contribution in [-0.4, -0.2) is 25.0 Å². The van der Waals surface area contributed by atoms with Gasteiger partial charge in [0.05, 0.1) is 6.42 Å². The first-order valence-electron chi connectivity index (χ1n) is 7.10. The molecule has 110 valence electrons. The van der Waals surface area contributed by atoms with Crippen LogP contribution in [0.1, 0.15) is 31.2 Å². The fourth-order valence-electron chi connectivity index (χ4n) is 2.44. The molecule has 1 saturated heterocycles. The van der Waals surface area contributed by atoms with Crippen molar-refractivity contribution in [3.05, 3.63) is 33.8 Å². The molecular weight excluding hydrogens is 295 g/mol. The maximum Gasteiger partial charge on any atom is 0.224 e. The van der Waals surface area contributed by atoms with Gasteiger partial charge in [0.25, 0.3) is 0 Å². The number of carbonyl (C=O) groups excluding carboxylic acids is 1. The standard InChI is InChI=1S/C15H20Cl2N2O/c16-13-6-4-7-14(17)12(13)9-15(20)19-10-11-5-2-1-3-8-18-11/h4,6-7,11,18H,1-3,5,8-10H2,(H,19,20)/t11-/m0/s1. The highest BCUT2D eigenvalue weighted by molar-refractivity contribution is 6.36. The minimum absolute atomic E-state index is 0.0361. The Morgan fingerprint density at radius 3 is 2.75 bits per heavy atom. The van der Waals surface area contributed by atoms with Gasteiger partial charge >= 0.3 is 0 Å². The van der Waals surface area contributed by atoms with Crippen molar-refractivity contribution < 1.29 is 4.79 Å². The van der Waals surface area contributed by atoms with Crippen LogP contribution in [0.3, 0.4) is 0 Å². The van der Waals surface area contributed by atoms with Gasteiger partial charge in [0.1, 0.15) is 0 Å². The Bertz CT molecular complexity index is 437. The summed E-state index contributed by atoms with van der Waals surface area (Å²) in [6, 6.07) is 5.66. The molecule has 20 heavy (non-hydrogen) atoms. The lowest BCUT2D eigenvalue weighted by Gasteiger charge is -2.16. The number of carbonyl (C=O) groups is 1. The summed E-state index contributed by atoms with van der Waals surface area (Å²) in [5.74, 6) is -0.0361. The first-order valence-corrected chi connectivity index (χ1v) is 7.85. The van der Waals surface area contributed by atoms with Crippen LogP contribution in [0.5, 0.6) is 0 Å².